The zero-order valence-corrected chi connectivity index (χ0v) is 16.2. The molecule has 1 amide bonds. The molecular weight excluding hydrogens is 314 g/mol. The second-order valence-electron chi connectivity index (χ2n) is 7.24. The van der Waals surface area contributed by atoms with Crippen LogP contribution in [-0.4, -0.2) is 67.2 Å². The van der Waals surface area contributed by atoms with Crippen LogP contribution >= 0.6 is 0 Å². The Morgan fingerprint density at radius 2 is 2.20 bits per heavy atom. The third-order valence-electron chi connectivity index (χ3n) is 5.37. The van der Waals surface area contributed by atoms with Crippen LogP contribution in [-0.2, 0) is 4.79 Å². The standard InChI is InChI=1S/C19H35N5O/c1-5-6-17(7-8-20)24-10-9-23(13-15(24)3)18-14(2)11-16(12-22-18)19(25)21-4/h11-12,15,17-18,22H,5-10,13,20H2,1-4H3,(H,21,25). The van der Waals surface area contributed by atoms with Gasteiger partial charge in [0.1, 0.15) is 6.17 Å². The minimum Gasteiger partial charge on any atom is -0.371 e. The lowest BCUT2D eigenvalue weighted by Gasteiger charge is -2.47. The Morgan fingerprint density at radius 3 is 2.76 bits per heavy atom. The zero-order valence-electron chi connectivity index (χ0n) is 16.2. The van der Waals surface area contributed by atoms with E-state index in [1.54, 1.807) is 7.05 Å². The first-order chi connectivity index (χ1) is 12.0. The Kier molecular flexibility index (Phi) is 7.47. The van der Waals surface area contributed by atoms with Crippen molar-refractivity contribution in [3.8, 4) is 0 Å². The molecule has 0 spiro atoms. The average molecular weight is 350 g/mol. The summed E-state index contributed by atoms with van der Waals surface area (Å²) in [5, 5.41) is 6.09. The van der Waals surface area contributed by atoms with Crippen molar-refractivity contribution < 1.29 is 4.79 Å². The normalized spacial score (nSPS) is 26.4. The van der Waals surface area contributed by atoms with Crippen LogP contribution in [0.2, 0.25) is 0 Å². The lowest BCUT2D eigenvalue weighted by Crippen LogP contribution is -2.60. The SMILES string of the molecule is CCCC(CCN)N1CCN(C2NC=C(C(=O)NC)C=C2C)CC1C. The van der Waals surface area contributed by atoms with E-state index in [1.807, 2.05) is 12.3 Å². The summed E-state index contributed by atoms with van der Waals surface area (Å²) in [5.41, 5.74) is 7.71. The van der Waals surface area contributed by atoms with E-state index in [0.717, 1.165) is 32.6 Å². The van der Waals surface area contributed by atoms with Crippen molar-refractivity contribution in [3.05, 3.63) is 23.4 Å². The molecule has 4 N–H and O–H groups in total. The van der Waals surface area contributed by atoms with Gasteiger partial charge in [-0.1, -0.05) is 13.3 Å². The fourth-order valence-corrected chi connectivity index (χ4v) is 4.11. The molecule has 0 bridgehead atoms. The van der Waals surface area contributed by atoms with Crippen LogP contribution < -0.4 is 16.4 Å². The number of carbonyl (C=O) groups is 1. The number of nitrogens with two attached hydrogens (primary N) is 1. The highest BCUT2D eigenvalue weighted by molar-refractivity contribution is 5.96. The van der Waals surface area contributed by atoms with Crippen molar-refractivity contribution in [1.29, 1.82) is 0 Å². The number of likely N-dealkylation sites (N-methyl/N-ethyl adjacent to an activating group) is 1. The van der Waals surface area contributed by atoms with Gasteiger partial charge in [0.25, 0.3) is 5.91 Å². The molecule has 25 heavy (non-hydrogen) atoms. The van der Waals surface area contributed by atoms with E-state index in [1.165, 1.54) is 18.4 Å². The summed E-state index contributed by atoms with van der Waals surface area (Å²) in [6.45, 7) is 10.6. The highest BCUT2D eigenvalue weighted by Gasteiger charge is 2.32. The van der Waals surface area contributed by atoms with Crippen LogP contribution in [0.3, 0.4) is 0 Å². The van der Waals surface area contributed by atoms with Crippen molar-refractivity contribution in [2.75, 3.05) is 33.2 Å². The van der Waals surface area contributed by atoms with E-state index in [9.17, 15) is 4.79 Å². The summed E-state index contributed by atoms with van der Waals surface area (Å²) in [6.07, 6.45) is 7.51. The van der Waals surface area contributed by atoms with Gasteiger partial charge in [-0.15, -0.1) is 0 Å². The lowest BCUT2D eigenvalue weighted by atomic mass is 10.0. The molecule has 142 valence electrons. The Bertz CT molecular complexity index is 510. The van der Waals surface area contributed by atoms with Gasteiger partial charge in [-0.25, -0.2) is 0 Å². The molecule has 2 aliphatic rings. The van der Waals surface area contributed by atoms with E-state index in [2.05, 4.69) is 41.2 Å². The van der Waals surface area contributed by atoms with Crippen LogP contribution in [0.1, 0.15) is 40.0 Å². The summed E-state index contributed by atoms with van der Waals surface area (Å²) in [6, 6.07) is 1.11. The highest BCUT2D eigenvalue weighted by Crippen LogP contribution is 2.23. The van der Waals surface area contributed by atoms with Gasteiger partial charge in [-0.3, -0.25) is 14.6 Å². The third kappa shape index (κ3) is 4.84. The van der Waals surface area contributed by atoms with Crippen LogP contribution in [0.5, 0.6) is 0 Å². The number of dihydropyridines is 1. The molecule has 0 aromatic carbocycles. The number of rotatable bonds is 7. The van der Waals surface area contributed by atoms with E-state index in [0.29, 0.717) is 17.7 Å². The largest absolute Gasteiger partial charge is 0.371 e. The van der Waals surface area contributed by atoms with Crippen molar-refractivity contribution in [2.45, 2.75) is 58.3 Å². The number of amides is 1. The van der Waals surface area contributed by atoms with Crippen LogP contribution in [0.25, 0.3) is 0 Å². The van der Waals surface area contributed by atoms with Crippen molar-refractivity contribution in [1.82, 2.24) is 20.4 Å². The molecule has 6 heteroatoms. The first-order valence-corrected chi connectivity index (χ1v) is 9.58. The van der Waals surface area contributed by atoms with E-state index < -0.39 is 0 Å². The van der Waals surface area contributed by atoms with Gasteiger partial charge in [-0.2, -0.15) is 0 Å². The molecular formula is C19H35N5O. The quantitative estimate of drug-likeness (QED) is 0.640. The fraction of sp³-hybridized carbons (Fsp3) is 0.737. The number of hydrogen-bond donors (Lipinski definition) is 3. The monoisotopic (exact) mass is 349 g/mol. The van der Waals surface area contributed by atoms with E-state index in [4.69, 9.17) is 5.73 Å². The predicted molar refractivity (Wildman–Crippen MR) is 103 cm³/mol. The summed E-state index contributed by atoms with van der Waals surface area (Å²) < 4.78 is 0. The Morgan fingerprint density at radius 1 is 1.44 bits per heavy atom. The number of hydrogen-bond acceptors (Lipinski definition) is 5. The summed E-state index contributed by atoms with van der Waals surface area (Å²) in [7, 11) is 1.66. The maximum atomic E-state index is 11.8. The zero-order chi connectivity index (χ0) is 18.4. The molecule has 1 fully saturated rings. The van der Waals surface area contributed by atoms with Gasteiger partial charge in [0.2, 0.25) is 0 Å². The second kappa shape index (κ2) is 9.36. The molecule has 2 aliphatic heterocycles. The van der Waals surface area contributed by atoms with Crippen LogP contribution in [0.4, 0.5) is 0 Å². The van der Waals surface area contributed by atoms with Crippen molar-refractivity contribution in [3.63, 3.8) is 0 Å². The summed E-state index contributed by atoms with van der Waals surface area (Å²) >= 11 is 0. The first-order valence-electron chi connectivity index (χ1n) is 9.58. The Hall–Kier alpha value is -1.37. The summed E-state index contributed by atoms with van der Waals surface area (Å²) in [5.74, 6) is -0.0484. The topological polar surface area (TPSA) is 73.6 Å². The molecule has 1 saturated heterocycles. The number of piperazine rings is 1. The van der Waals surface area contributed by atoms with E-state index in [-0.39, 0.29) is 12.1 Å². The molecule has 0 aliphatic carbocycles. The lowest BCUT2D eigenvalue weighted by molar-refractivity contribution is -0.116. The maximum absolute atomic E-state index is 11.8. The second-order valence-corrected chi connectivity index (χ2v) is 7.24. The molecule has 2 rings (SSSR count). The molecule has 0 aromatic heterocycles. The number of nitrogens with one attached hydrogen (secondary N) is 2. The average Bonchev–Trinajstić information content (AvgIpc) is 2.60. The maximum Gasteiger partial charge on any atom is 0.252 e. The predicted octanol–water partition coefficient (Wildman–Crippen LogP) is 1.02. The Labute approximate surface area is 152 Å². The first kappa shape index (κ1) is 19.9. The Balaban J connectivity index is 1.98. The van der Waals surface area contributed by atoms with Gasteiger partial charge in [0.15, 0.2) is 0 Å². The highest BCUT2D eigenvalue weighted by atomic mass is 16.1. The van der Waals surface area contributed by atoms with Crippen LogP contribution in [0, 0.1) is 0 Å². The molecule has 3 atom stereocenters. The minimum atomic E-state index is -0.0484. The third-order valence-corrected chi connectivity index (χ3v) is 5.37. The van der Waals surface area contributed by atoms with E-state index >= 15 is 0 Å². The molecule has 3 unspecified atom stereocenters. The van der Waals surface area contributed by atoms with Gasteiger partial charge in [0.05, 0.1) is 5.57 Å². The van der Waals surface area contributed by atoms with Gasteiger partial charge in [-0.05, 0) is 44.9 Å². The van der Waals surface area contributed by atoms with Gasteiger partial charge >= 0.3 is 0 Å². The number of carbonyl (C=O) groups excluding carboxylic acids is 1. The van der Waals surface area contributed by atoms with Crippen molar-refractivity contribution >= 4 is 5.91 Å². The van der Waals surface area contributed by atoms with Gasteiger partial charge < -0.3 is 16.4 Å². The van der Waals surface area contributed by atoms with Crippen molar-refractivity contribution in [2.24, 2.45) is 5.73 Å². The molecule has 0 saturated carbocycles. The molecule has 6 nitrogen and oxygen atoms in total. The molecule has 2 heterocycles. The fourth-order valence-electron chi connectivity index (χ4n) is 4.11. The van der Waals surface area contributed by atoms with Gasteiger partial charge in [0, 0.05) is 45.0 Å². The molecule has 0 radical (unpaired) electrons. The molecule has 0 aromatic rings. The van der Waals surface area contributed by atoms with Crippen LogP contribution in [0.15, 0.2) is 23.4 Å². The summed E-state index contributed by atoms with van der Waals surface area (Å²) in [4.78, 5) is 16.9. The smallest absolute Gasteiger partial charge is 0.252 e. The minimum absolute atomic E-state index is 0.0484. The number of nitrogens with zero attached hydrogens (tertiary/aromatic N) is 2.